The van der Waals surface area contributed by atoms with Crippen LogP contribution in [0.3, 0.4) is 0 Å². The second-order valence-electron chi connectivity index (χ2n) is 0.908. The Hall–Kier alpha value is 0.570. The molecule has 0 unspecified atom stereocenters. The molecule has 0 aliphatic heterocycles. The topological polar surface area (TPSA) is 12.0 Å². The van der Waals surface area contributed by atoms with E-state index in [0.29, 0.717) is 0 Å². The van der Waals surface area contributed by atoms with Gasteiger partial charge in [0.1, 0.15) is 0 Å². The monoisotopic (exact) mass is 195 g/mol. The molecule has 1 nitrogen and oxygen atoms in total. The van der Waals surface area contributed by atoms with E-state index < -0.39 is 0 Å². The van der Waals surface area contributed by atoms with E-state index in [1.807, 2.05) is 21.0 Å². The van der Waals surface area contributed by atoms with Gasteiger partial charge in [-0.3, -0.25) is 0 Å². The van der Waals surface area contributed by atoms with Crippen LogP contribution in [0.1, 0.15) is 6.92 Å². The normalized spacial score (nSPS) is 3.44. The van der Waals surface area contributed by atoms with Crippen molar-refractivity contribution in [3.8, 4) is 0 Å². The molecule has 0 spiro atoms. The predicted octanol–water partition coefficient (Wildman–Crippen LogP) is 2.29. The van der Waals surface area contributed by atoms with Crippen molar-refractivity contribution in [3.05, 3.63) is 12.7 Å². The van der Waals surface area contributed by atoms with E-state index in [-0.39, 0.29) is 37.2 Å². The van der Waals surface area contributed by atoms with Crippen LogP contribution in [0.4, 0.5) is 0 Å². The van der Waals surface area contributed by atoms with Crippen LogP contribution in [0.25, 0.3) is 0 Å². The van der Waals surface area contributed by atoms with Gasteiger partial charge in [0.2, 0.25) is 0 Å². The first-order valence-corrected chi connectivity index (χ1v) is 1.99. The highest BCUT2D eigenvalue weighted by atomic mass is 35.5. The van der Waals surface area contributed by atoms with Crippen LogP contribution in [-0.2, 0) is 0 Å². The van der Waals surface area contributed by atoms with Crippen molar-refractivity contribution < 1.29 is 0 Å². The van der Waals surface area contributed by atoms with Crippen LogP contribution in [0.15, 0.2) is 12.7 Å². The standard InChI is InChI=1S/C3H6.C2H7N.3ClH/c2*1-3-2;;;/h3H,1H2,2H3;3H,1-2H3;3*1H. The molecule has 9 heavy (non-hydrogen) atoms. The Labute approximate surface area is 76.5 Å². The van der Waals surface area contributed by atoms with Gasteiger partial charge < -0.3 is 5.32 Å². The first kappa shape index (κ1) is 33.7. The molecule has 0 saturated heterocycles. The summed E-state index contributed by atoms with van der Waals surface area (Å²) in [6.45, 7) is 5.25. The third-order valence-corrected chi connectivity index (χ3v) is 0. The largest absolute Gasteiger partial charge is 0.323 e. The van der Waals surface area contributed by atoms with Crippen molar-refractivity contribution in [3.63, 3.8) is 0 Å². The van der Waals surface area contributed by atoms with Crippen LogP contribution in [0.5, 0.6) is 0 Å². The number of hydrogen-bond acceptors (Lipinski definition) is 1. The third kappa shape index (κ3) is 1140. The van der Waals surface area contributed by atoms with Crippen molar-refractivity contribution in [1.82, 2.24) is 5.32 Å². The number of hydrogen-bond donors (Lipinski definition) is 1. The second kappa shape index (κ2) is 74.4. The van der Waals surface area contributed by atoms with Crippen LogP contribution in [0.2, 0.25) is 0 Å². The van der Waals surface area contributed by atoms with Gasteiger partial charge in [-0.2, -0.15) is 0 Å². The fourth-order valence-corrected chi connectivity index (χ4v) is 0. The van der Waals surface area contributed by atoms with Gasteiger partial charge in [0, 0.05) is 0 Å². The fraction of sp³-hybridized carbons (Fsp3) is 0.600. The number of rotatable bonds is 0. The molecule has 0 atom stereocenters. The lowest BCUT2D eigenvalue weighted by atomic mass is 10.8. The molecule has 62 valence electrons. The molecule has 0 radical (unpaired) electrons. The van der Waals surface area contributed by atoms with E-state index in [0.717, 1.165) is 0 Å². The Morgan fingerprint density at radius 1 is 1.11 bits per heavy atom. The second-order valence-corrected chi connectivity index (χ2v) is 0.908. The Morgan fingerprint density at radius 2 is 1.11 bits per heavy atom. The maximum atomic E-state index is 3.36. The Bertz CT molecular complexity index is 26.2. The van der Waals surface area contributed by atoms with Gasteiger partial charge in [-0.1, -0.05) is 6.08 Å². The van der Waals surface area contributed by atoms with Gasteiger partial charge in [0.15, 0.2) is 0 Å². The Kier molecular flexibility index (Phi) is 278. The van der Waals surface area contributed by atoms with Crippen LogP contribution in [0, 0.1) is 0 Å². The average molecular weight is 197 g/mol. The summed E-state index contributed by atoms with van der Waals surface area (Å²) in [6.07, 6.45) is 1.75. The summed E-state index contributed by atoms with van der Waals surface area (Å²) in [5.41, 5.74) is 0. The summed E-state index contributed by atoms with van der Waals surface area (Å²) in [5.74, 6) is 0. The van der Waals surface area contributed by atoms with E-state index in [1.54, 1.807) is 6.08 Å². The maximum absolute atomic E-state index is 3.36. The first-order chi connectivity index (χ1) is 2.83. The molecule has 1 N–H and O–H groups in total. The lowest BCUT2D eigenvalue weighted by molar-refractivity contribution is 1.02. The van der Waals surface area contributed by atoms with E-state index in [2.05, 4.69) is 11.9 Å². The van der Waals surface area contributed by atoms with Gasteiger partial charge in [0.25, 0.3) is 0 Å². The minimum absolute atomic E-state index is 0. The number of halogens is 3. The van der Waals surface area contributed by atoms with Crippen LogP contribution >= 0.6 is 37.2 Å². The van der Waals surface area contributed by atoms with E-state index in [9.17, 15) is 0 Å². The molecule has 4 heteroatoms. The number of nitrogens with one attached hydrogen (secondary N) is 1. The lowest BCUT2D eigenvalue weighted by Crippen LogP contribution is -1.89. The molecule has 0 heterocycles. The van der Waals surface area contributed by atoms with Crippen molar-refractivity contribution >= 4 is 37.2 Å². The molecule has 0 fully saturated rings. The van der Waals surface area contributed by atoms with Crippen molar-refractivity contribution in [2.45, 2.75) is 6.92 Å². The molecule has 0 aromatic rings. The van der Waals surface area contributed by atoms with E-state index >= 15 is 0 Å². The summed E-state index contributed by atoms with van der Waals surface area (Å²) >= 11 is 0. The summed E-state index contributed by atoms with van der Waals surface area (Å²) in [7, 11) is 3.75. The van der Waals surface area contributed by atoms with Crippen molar-refractivity contribution in [2.75, 3.05) is 14.1 Å². The van der Waals surface area contributed by atoms with Gasteiger partial charge >= 0.3 is 0 Å². The van der Waals surface area contributed by atoms with Crippen LogP contribution < -0.4 is 5.32 Å². The average Bonchev–Trinajstić information content (AvgIpc) is 1.39. The molecule has 0 amide bonds. The van der Waals surface area contributed by atoms with Crippen molar-refractivity contribution in [1.29, 1.82) is 0 Å². The minimum atomic E-state index is 0. The molecule has 0 saturated carbocycles. The molecule has 0 aromatic heterocycles. The smallest absolute Gasteiger partial charge is 0.0167 e. The summed E-state index contributed by atoms with van der Waals surface area (Å²) < 4.78 is 0. The minimum Gasteiger partial charge on any atom is -0.323 e. The zero-order chi connectivity index (χ0) is 5.41. The lowest BCUT2D eigenvalue weighted by Gasteiger charge is -1.59. The summed E-state index contributed by atoms with van der Waals surface area (Å²) in [6, 6.07) is 0. The van der Waals surface area contributed by atoms with Crippen molar-refractivity contribution in [2.24, 2.45) is 0 Å². The predicted molar refractivity (Wildman–Crippen MR) is 52.6 cm³/mol. The molecule has 0 aromatic carbocycles. The zero-order valence-corrected chi connectivity index (χ0v) is 8.46. The molecule has 0 bridgehead atoms. The highest BCUT2D eigenvalue weighted by molar-refractivity contribution is 5.86. The quantitative estimate of drug-likeness (QED) is 0.586. The zero-order valence-electron chi connectivity index (χ0n) is 6.01. The number of allylic oxidation sites excluding steroid dienone is 1. The van der Waals surface area contributed by atoms with Gasteiger partial charge in [-0.05, 0) is 21.0 Å². The Balaban J connectivity index is -0.00000000889. The highest BCUT2D eigenvalue weighted by Crippen LogP contribution is 1.38. The van der Waals surface area contributed by atoms with E-state index in [1.165, 1.54) is 0 Å². The third-order valence-electron chi connectivity index (χ3n) is 0. The molecular formula is C5H16Cl3N. The Morgan fingerprint density at radius 3 is 1.11 bits per heavy atom. The maximum Gasteiger partial charge on any atom is -0.0167 e. The van der Waals surface area contributed by atoms with Gasteiger partial charge in [-0.15, -0.1) is 43.8 Å². The molecular weight excluding hydrogens is 180 g/mol. The van der Waals surface area contributed by atoms with Gasteiger partial charge in [-0.25, -0.2) is 0 Å². The SMILES string of the molecule is C=CC.CNC.Cl.Cl.Cl. The van der Waals surface area contributed by atoms with E-state index in [4.69, 9.17) is 0 Å². The molecule has 0 aliphatic rings. The summed E-state index contributed by atoms with van der Waals surface area (Å²) in [4.78, 5) is 0. The summed E-state index contributed by atoms with van der Waals surface area (Å²) in [5, 5.41) is 2.75. The first-order valence-electron chi connectivity index (χ1n) is 1.99. The van der Waals surface area contributed by atoms with Crippen LogP contribution in [-0.4, -0.2) is 14.1 Å². The molecule has 0 aliphatic carbocycles. The van der Waals surface area contributed by atoms with Gasteiger partial charge in [0.05, 0.1) is 0 Å². The fourth-order valence-electron chi connectivity index (χ4n) is 0. The molecule has 0 rings (SSSR count). The highest BCUT2D eigenvalue weighted by Gasteiger charge is 1.25.